The highest BCUT2D eigenvalue weighted by Gasteiger charge is 2.17. The third-order valence-electron chi connectivity index (χ3n) is 6.14. The van der Waals surface area contributed by atoms with Gasteiger partial charge in [-0.2, -0.15) is 10.1 Å². The number of hydrogen-bond donors (Lipinski definition) is 2. The molecule has 34 heavy (non-hydrogen) atoms. The fraction of sp³-hybridized carbons (Fsp3) is 0.192. The van der Waals surface area contributed by atoms with E-state index >= 15 is 0 Å². The van der Waals surface area contributed by atoms with E-state index in [1.54, 1.807) is 0 Å². The fourth-order valence-electron chi connectivity index (χ4n) is 4.25. The van der Waals surface area contributed by atoms with Crippen molar-refractivity contribution in [3.8, 4) is 22.4 Å². The number of rotatable bonds is 5. The highest BCUT2D eigenvalue weighted by atomic mass is 16.5. The Kier molecular flexibility index (Phi) is 5.20. The second-order valence-corrected chi connectivity index (χ2v) is 8.38. The summed E-state index contributed by atoms with van der Waals surface area (Å²) in [6, 6.07) is 18.7. The number of aromatic nitrogens is 5. The fourth-order valence-corrected chi connectivity index (χ4v) is 4.25. The van der Waals surface area contributed by atoms with Crippen molar-refractivity contribution in [1.82, 2.24) is 24.7 Å². The topological polar surface area (TPSA) is 83.9 Å². The van der Waals surface area contributed by atoms with E-state index in [4.69, 9.17) is 14.7 Å². The van der Waals surface area contributed by atoms with Gasteiger partial charge in [-0.25, -0.2) is 4.98 Å². The number of hydrogen-bond acceptors (Lipinski definition) is 6. The number of fused-ring (bicyclic) bond motifs is 1. The molecular weight excluding hydrogens is 426 g/mol. The lowest BCUT2D eigenvalue weighted by Gasteiger charge is -2.27. The largest absolute Gasteiger partial charge is 0.378 e. The van der Waals surface area contributed by atoms with Gasteiger partial charge in [0.1, 0.15) is 5.82 Å². The molecule has 0 spiro atoms. The number of morpholine rings is 1. The summed E-state index contributed by atoms with van der Waals surface area (Å²) in [6.45, 7) is 2.90. The molecule has 8 heteroatoms. The van der Waals surface area contributed by atoms with Crippen LogP contribution in [0.4, 0.5) is 17.5 Å². The quantitative estimate of drug-likeness (QED) is 0.406. The molecule has 1 fully saturated rings. The van der Waals surface area contributed by atoms with E-state index < -0.39 is 0 Å². The van der Waals surface area contributed by atoms with E-state index in [0.29, 0.717) is 19.2 Å². The first kappa shape index (κ1) is 20.4. The summed E-state index contributed by atoms with van der Waals surface area (Å²) in [5.74, 6) is 1.46. The minimum Gasteiger partial charge on any atom is -0.378 e. The molecule has 0 bridgehead atoms. The van der Waals surface area contributed by atoms with Crippen molar-refractivity contribution in [2.45, 2.75) is 0 Å². The average molecular weight is 452 g/mol. The van der Waals surface area contributed by atoms with E-state index in [9.17, 15) is 0 Å². The minimum absolute atomic E-state index is 0.679. The van der Waals surface area contributed by atoms with E-state index in [1.807, 2.05) is 36.4 Å². The van der Waals surface area contributed by atoms with Gasteiger partial charge in [0.2, 0.25) is 5.95 Å². The van der Waals surface area contributed by atoms with Gasteiger partial charge in [0.05, 0.1) is 30.6 Å². The maximum atomic E-state index is 5.53. The van der Waals surface area contributed by atoms with Gasteiger partial charge in [-0.1, -0.05) is 24.3 Å². The van der Waals surface area contributed by atoms with Crippen molar-refractivity contribution in [2.75, 3.05) is 36.5 Å². The molecule has 0 amide bonds. The summed E-state index contributed by atoms with van der Waals surface area (Å²) in [7, 11) is 1.95. The van der Waals surface area contributed by atoms with E-state index in [-0.39, 0.29) is 0 Å². The molecule has 1 aliphatic heterocycles. The van der Waals surface area contributed by atoms with Gasteiger partial charge in [0.15, 0.2) is 0 Å². The molecule has 5 aromatic rings. The zero-order valence-corrected chi connectivity index (χ0v) is 18.9. The Hall–Kier alpha value is -4.17. The van der Waals surface area contributed by atoms with Crippen LogP contribution in [0.2, 0.25) is 0 Å². The smallest absolute Gasteiger partial charge is 0.228 e. The van der Waals surface area contributed by atoms with Crippen molar-refractivity contribution < 1.29 is 4.74 Å². The SMILES string of the molecule is Cn1ncc2ccc(-c3cc(Nc4ccc(-c5cc[nH]c5)cc4)nc(N4CCOCC4)n3)cc21. The number of nitrogens with zero attached hydrogens (tertiary/aromatic N) is 5. The monoisotopic (exact) mass is 451 g/mol. The maximum absolute atomic E-state index is 5.53. The van der Waals surface area contributed by atoms with Crippen LogP contribution in [0.15, 0.2) is 73.2 Å². The Bertz CT molecular complexity index is 1420. The third kappa shape index (κ3) is 3.99. The molecule has 0 aliphatic carbocycles. The standard InChI is InChI=1S/C26H25N7O/c1-32-24-14-19(2-3-21(24)17-28-32)23-15-25(31-26(30-23)33-10-12-34-13-11-33)29-22-6-4-18(5-7-22)20-8-9-27-16-20/h2-9,14-17,27H,10-13H2,1H3,(H,29,30,31). The van der Waals surface area contributed by atoms with Crippen LogP contribution < -0.4 is 10.2 Å². The number of anilines is 3. The van der Waals surface area contributed by atoms with Crippen LogP contribution >= 0.6 is 0 Å². The molecule has 0 unspecified atom stereocenters. The predicted molar refractivity (Wildman–Crippen MR) is 134 cm³/mol. The van der Waals surface area contributed by atoms with Crippen LogP contribution in [-0.4, -0.2) is 51.0 Å². The minimum atomic E-state index is 0.679. The molecule has 4 heterocycles. The summed E-state index contributed by atoms with van der Waals surface area (Å²) in [5, 5.41) is 8.95. The lowest BCUT2D eigenvalue weighted by Crippen LogP contribution is -2.37. The number of aromatic amines is 1. The first-order valence-corrected chi connectivity index (χ1v) is 11.4. The highest BCUT2D eigenvalue weighted by Crippen LogP contribution is 2.29. The Morgan fingerprint density at radius 1 is 0.912 bits per heavy atom. The van der Waals surface area contributed by atoms with Gasteiger partial charge in [-0.05, 0) is 35.4 Å². The third-order valence-corrected chi connectivity index (χ3v) is 6.14. The van der Waals surface area contributed by atoms with Crippen molar-refractivity contribution in [3.63, 3.8) is 0 Å². The van der Waals surface area contributed by atoms with Gasteiger partial charge in [0, 0.05) is 55.2 Å². The number of benzene rings is 2. The van der Waals surface area contributed by atoms with Crippen molar-refractivity contribution in [3.05, 3.63) is 73.2 Å². The molecule has 2 aromatic carbocycles. The van der Waals surface area contributed by atoms with Crippen LogP contribution in [-0.2, 0) is 11.8 Å². The van der Waals surface area contributed by atoms with Crippen molar-refractivity contribution in [1.29, 1.82) is 0 Å². The molecule has 0 atom stereocenters. The summed E-state index contributed by atoms with van der Waals surface area (Å²) in [6.07, 6.45) is 5.80. The van der Waals surface area contributed by atoms with Crippen molar-refractivity contribution in [2.24, 2.45) is 7.05 Å². The van der Waals surface area contributed by atoms with E-state index in [2.05, 4.69) is 68.8 Å². The zero-order chi connectivity index (χ0) is 22.9. The van der Waals surface area contributed by atoms with Gasteiger partial charge < -0.3 is 19.9 Å². The molecule has 6 rings (SSSR count). The lowest BCUT2D eigenvalue weighted by atomic mass is 10.1. The molecule has 3 aromatic heterocycles. The summed E-state index contributed by atoms with van der Waals surface area (Å²) < 4.78 is 7.41. The molecule has 0 saturated carbocycles. The van der Waals surface area contributed by atoms with Crippen LogP contribution in [0.1, 0.15) is 0 Å². The van der Waals surface area contributed by atoms with Gasteiger partial charge >= 0.3 is 0 Å². The zero-order valence-electron chi connectivity index (χ0n) is 18.9. The maximum Gasteiger partial charge on any atom is 0.228 e. The Morgan fingerprint density at radius 3 is 2.53 bits per heavy atom. The van der Waals surface area contributed by atoms with Gasteiger partial charge in [-0.3, -0.25) is 4.68 Å². The number of H-pyrrole nitrogens is 1. The number of nitrogens with one attached hydrogen (secondary N) is 2. The average Bonchev–Trinajstić information content (AvgIpc) is 3.55. The Labute approximate surface area is 197 Å². The highest BCUT2D eigenvalue weighted by molar-refractivity contribution is 5.84. The Morgan fingerprint density at radius 2 is 1.74 bits per heavy atom. The summed E-state index contributed by atoms with van der Waals surface area (Å²) in [5.41, 5.74) is 6.26. The molecule has 1 saturated heterocycles. The molecule has 1 aliphatic rings. The summed E-state index contributed by atoms with van der Waals surface area (Å²) >= 11 is 0. The van der Waals surface area contributed by atoms with Crippen LogP contribution in [0.5, 0.6) is 0 Å². The first-order chi connectivity index (χ1) is 16.7. The number of aryl methyl sites for hydroxylation is 1. The second-order valence-electron chi connectivity index (χ2n) is 8.38. The first-order valence-electron chi connectivity index (χ1n) is 11.4. The predicted octanol–water partition coefficient (Wildman–Crippen LogP) is 4.61. The van der Waals surface area contributed by atoms with Gasteiger partial charge in [0.25, 0.3) is 0 Å². The molecule has 8 nitrogen and oxygen atoms in total. The summed E-state index contributed by atoms with van der Waals surface area (Å²) in [4.78, 5) is 15.0. The van der Waals surface area contributed by atoms with Crippen molar-refractivity contribution >= 4 is 28.4 Å². The van der Waals surface area contributed by atoms with E-state index in [0.717, 1.165) is 57.9 Å². The normalized spacial score (nSPS) is 14.0. The van der Waals surface area contributed by atoms with Crippen LogP contribution in [0.3, 0.4) is 0 Å². The second kappa shape index (κ2) is 8.64. The Balaban J connectivity index is 1.36. The van der Waals surface area contributed by atoms with E-state index in [1.165, 1.54) is 0 Å². The van der Waals surface area contributed by atoms with Gasteiger partial charge in [-0.15, -0.1) is 0 Å². The van der Waals surface area contributed by atoms with Crippen LogP contribution in [0.25, 0.3) is 33.3 Å². The lowest BCUT2D eigenvalue weighted by molar-refractivity contribution is 0.122. The molecule has 2 N–H and O–H groups in total. The molecule has 170 valence electrons. The molecule has 0 radical (unpaired) electrons. The number of ether oxygens (including phenoxy) is 1. The van der Waals surface area contributed by atoms with Crippen LogP contribution in [0, 0.1) is 0 Å². The molecular formula is C26H25N7O.